The molecule has 1 aromatic carbocycles. The summed E-state index contributed by atoms with van der Waals surface area (Å²) in [4.78, 5) is 25.4. The molecule has 0 fully saturated rings. The Labute approximate surface area is 166 Å². The summed E-state index contributed by atoms with van der Waals surface area (Å²) in [6.45, 7) is 0.461. The van der Waals surface area contributed by atoms with Crippen LogP contribution >= 0.6 is 0 Å². The zero-order valence-corrected chi connectivity index (χ0v) is 15.7. The zero-order chi connectivity index (χ0) is 19.6. The predicted octanol–water partition coefficient (Wildman–Crippen LogP) is 3.62. The fourth-order valence-electron chi connectivity index (χ4n) is 3.33. The molecular weight excluding hydrogens is 364 g/mol. The van der Waals surface area contributed by atoms with Crippen LogP contribution < -0.4 is 10.6 Å². The van der Waals surface area contributed by atoms with Crippen molar-refractivity contribution in [2.75, 3.05) is 17.7 Å². The molecular formula is C21H18N8. The highest BCUT2D eigenvalue weighted by molar-refractivity contribution is 6.02. The third-order valence-corrected chi connectivity index (χ3v) is 4.70. The first-order chi connectivity index (χ1) is 14.3. The molecule has 29 heavy (non-hydrogen) atoms. The van der Waals surface area contributed by atoms with Crippen LogP contribution in [0, 0.1) is 0 Å². The Kier molecular flexibility index (Phi) is 4.21. The lowest BCUT2D eigenvalue weighted by Gasteiger charge is -2.10. The lowest BCUT2D eigenvalue weighted by molar-refractivity contribution is 0.941. The number of nitrogens with one attached hydrogen (secondary N) is 3. The predicted molar refractivity (Wildman–Crippen MR) is 114 cm³/mol. The van der Waals surface area contributed by atoms with Gasteiger partial charge in [0.25, 0.3) is 0 Å². The van der Waals surface area contributed by atoms with E-state index >= 15 is 0 Å². The second-order valence-corrected chi connectivity index (χ2v) is 6.50. The molecule has 3 N–H and O–H groups in total. The van der Waals surface area contributed by atoms with E-state index < -0.39 is 0 Å². The molecule has 8 nitrogen and oxygen atoms in total. The molecule has 4 heterocycles. The highest BCUT2D eigenvalue weighted by atomic mass is 15.2. The van der Waals surface area contributed by atoms with Gasteiger partial charge in [0.15, 0.2) is 0 Å². The molecule has 0 atom stereocenters. The minimum absolute atomic E-state index is 0.461. The van der Waals surface area contributed by atoms with Crippen LogP contribution in [-0.4, -0.2) is 37.0 Å². The first-order valence-electron chi connectivity index (χ1n) is 9.23. The van der Waals surface area contributed by atoms with Gasteiger partial charge in [-0.3, -0.25) is 4.98 Å². The molecule has 5 aromatic rings. The first kappa shape index (κ1) is 17.1. The molecule has 0 amide bonds. The Hall–Kier alpha value is -4.07. The van der Waals surface area contributed by atoms with Crippen LogP contribution in [0.25, 0.3) is 33.1 Å². The van der Waals surface area contributed by atoms with Gasteiger partial charge in [-0.15, -0.1) is 0 Å². The molecule has 0 unspecified atom stereocenters. The fourth-order valence-corrected chi connectivity index (χ4v) is 3.33. The van der Waals surface area contributed by atoms with Crippen LogP contribution in [-0.2, 0) is 6.54 Å². The van der Waals surface area contributed by atoms with Crippen LogP contribution in [0.2, 0.25) is 0 Å². The van der Waals surface area contributed by atoms with E-state index in [0.717, 1.165) is 33.1 Å². The molecule has 0 radical (unpaired) electrons. The number of fused-ring (bicyclic) bond motifs is 2. The van der Waals surface area contributed by atoms with E-state index in [9.17, 15) is 0 Å². The van der Waals surface area contributed by atoms with Gasteiger partial charge in [-0.1, -0.05) is 12.1 Å². The number of hydrogen-bond donors (Lipinski definition) is 3. The molecule has 5 rings (SSSR count). The van der Waals surface area contributed by atoms with E-state index in [1.54, 1.807) is 31.7 Å². The van der Waals surface area contributed by atoms with Gasteiger partial charge in [0.1, 0.15) is 17.3 Å². The Morgan fingerprint density at radius 1 is 0.966 bits per heavy atom. The quantitative estimate of drug-likeness (QED) is 0.426. The molecule has 0 saturated carbocycles. The third-order valence-electron chi connectivity index (χ3n) is 4.70. The third kappa shape index (κ3) is 3.20. The summed E-state index contributed by atoms with van der Waals surface area (Å²) in [6, 6.07) is 12.0. The van der Waals surface area contributed by atoms with E-state index in [4.69, 9.17) is 0 Å². The van der Waals surface area contributed by atoms with Crippen molar-refractivity contribution in [2.45, 2.75) is 6.54 Å². The SMILES string of the molecule is CNc1nc(NCc2ncccn2)c2c(-c3ccc4ncccc4c3)c[nH]c2n1. The maximum absolute atomic E-state index is 4.63. The Morgan fingerprint density at radius 3 is 2.69 bits per heavy atom. The fraction of sp³-hybridized carbons (Fsp3) is 0.0952. The van der Waals surface area contributed by atoms with Crippen molar-refractivity contribution in [3.05, 3.63) is 67.0 Å². The van der Waals surface area contributed by atoms with Crippen molar-refractivity contribution >= 4 is 33.7 Å². The number of H-pyrrole nitrogens is 1. The van der Waals surface area contributed by atoms with Gasteiger partial charge in [-0.2, -0.15) is 9.97 Å². The summed E-state index contributed by atoms with van der Waals surface area (Å²) >= 11 is 0. The number of rotatable bonds is 5. The van der Waals surface area contributed by atoms with Gasteiger partial charge >= 0.3 is 0 Å². The molecule has 0 spiro atoms. The van der Waals surface area contributed by atoms with Crippen molar-refractivity contribution in [1.29, 1.82) is 0 Å². The highest BCUT2D eigenvalue weighted by Gasteiger charge is 2.15. The van der Waals surface area contributed by atoms with E-state index in [1.807, 2.05) is 18.3 Å². The molecule has 0 bridgehead atoms. The van der Waals surface area contributed by atoms with Crippen LogP contribution in [0.4, 0.5) is 11.8 Å². The average Bonchev–Trinajstić information content (AvgIpc) is 3.22. The van der Waals surface area contributed by atoms with Gasteiger partial charge < -0.3 is 15.6 Å². The lowest BCUT2D eigenvalue weighted by atomic mass is 10.0. The Balaban J connectivity index is 1.62. The maximum Gasteiger partial charge on any atom is 0.226 e. The summed E-state index contributed by atoms with van der Waals surface area (Å²) in [5.74, 6) is 1.94. The summed E-state index contributed by atoms with van der Waals surface area (Å²) in [7, 11) is 1.80. The standard InChI is InChI=1S/C21H18N8/c1-22-21-28-19-18(20(29-21)27-12-17-24-8-3-9-25-17)15(11-26-19)13-5-6-16-14(10-13)4-2-7-23-16/h2-11H,12H2,1H3,(H3,22,26,27,28,29). The Morgan fingerprint density at radius 2 is 1.83 bits per heavy atom. The Bertz CT molecular complexity index is 1300. The van der Waals surface area contributed by atoms with E-state index in [-0.39, 0.29) is 0 Å². The molecule has 0 aliphatic carbocycles. The number of aromatic amines is 1. The van der Waals surface area contributed by atoms with Gasteiger partial charge in [-0.25, -0.2) is 9.97 Å². The average molecular weight is 382 g/mol. The smallest absolute Gasteiger partial charge is 0.226 e. The number of nitrogens with zero attached hydrogens (tertiary/aromatic N) is 5. The van der Waals surface area contributed by atoms with E-state index in [1.165, 1.54) is 0 Å². The summed E-state index contributed by atoms with van der Waals surface area (Å²) in [6.07, 6.45) is 7.21. The van der Waals surface area contributed by atoms with Crippen LogP contribution in [0.1, 0.15) is 5.82 Å². The first-order valence-corrected chi connectivity index (χ1v) is 9.23. The molecule has 8 heteroatoms. The number of pyridine rings is 1. The summed E-state index contributed by atoms with van der Waals surface area (Å²) in [5, 5.41) is 8.38. The van der Waals surface area contributed by atoms with Crippen molar-refractivity contribution in [2.24, 2.45) is 0 Å². The number of benzene rings is 1. The number of aromatic nitrogens is 6. The number of hydrogen-bond acceptors (Lipinski definition) is 7. The molecule has 0 aliphatic heterocycles. The molecule has 4 aromatic heterocycles. The zero-order valence-electron chi connectivity index (χ0n) is 15.7. The van der Waals surface area contributed by atoms with Gasteiger partial charge in [0.05, 0.1) is 17.4 Å². The minimum Gasteiger partial charge on any atom is -0.362 e. The van der Waals surface area contributed by atoms with Gasteiger partial charge in [0, 0.05) is 42.8 Å². The van der Waals surface area contributed by atoms with Crippen LogP contribution in [0.3, 0.4) is 0 Å². The maximum atomic E-state index is 4.63. The van der Waals surface area contributed by atoms with Crippen LogP contribution in [0.15, 0.2) is 61.2 Å². The normalized spacial score (nSPS) is 11.1. The number of anilines is 2. The van der Waals surface area contributed by atoms with Crippen LogP contribution in [0.5, 0.6) is 0 Å². The minimum atomic E-state index is 0.461. The van der Waals surface area contributed by atoms with Crippen molar-refractivity contribution in [3.63, 3.8) is 0 Å². The lowest BCUT2D eigenvalue weighted by Crippen LogP contribution is -2.07. The van der Waals surface area contributed by atoms with Crippen molar-refractivity contribution < 1.29 is 0 Å². The monoisotopic (exact) mass is 382 g/mol. The second-order valence-electron chi connectivity index (χ2n) is 6.50. The molecule has 142 valence electrons. The molecule has 0 aliphatic rings. The van der Waals surface area contributed by atoms with Crippen molar-refractivity contribution in [1.82, 2.24) is 29.9 Å². The summed E-state index contributed by atoms with van der Waals surface area (Å²) in [5.41, 5.74) is 3.80. The van der Waals surface area contributed by atoms with Gasteiger partial charge in [-0.05, 0) is 29.8 Å². The topological polar surface area (TPSA) is 104 Å². The largest absolute Gasteiger partial charge is 0.362 e. The van der Waals surface area contributed by atoms with Gasteiger partial charge in [0.2, 0.25) is 5.95 Å². The highest BCUT2D eigenvalue weighted by Crippen LogP contribution is 2.34. The second kappa shape index (κ2) is 7.16. The summed E-state index contributed by atoms with van der Waals surface area (Å²) < 4.78 is 0. The molecule has 0 saturated heterocycles. The van der Waals surface area contributed by atoms with E-state index in [0.29, 0.717) is 24.1 Å². The van der Waals surface area contributed by atoms with E-state index in [2.05, 4.69) is 58.7 Å². The van der Waals surface area contributed by atoms with Crippen molar-refractivity contribution in [3.8, 4) is 11.1 Å².